The summed E-state index contributed by atoms with van der Waals surface area (Å²) >= 11 is 0. The molecule has 1 rings (SSSR count). The van der Waals surface area contributed by atoms with Crippen LogP contribution in [0.1, 0.15) is 13.3 Å². The monoisotopic (exact) mass is 181 g/mol. The number of rotatable bonds is 5. The van der Waals surface area contributed by atoms with E-state index < -0.39 is 0 Å². The van der Waals surface area contributed by atoms with Crippen LogP contribution in [0.2, 0.25) is 0 Å². The topological polar surface area (TPSA) is 50.1 Å². The van der Waals surface area contributed by atoms with Crippen molar-refractivity contribution in [2.45, 2.75) is 19.5 Å². The van der Waals surface area contributed by atoms with E-state index in [1.54, 1.807) is 0 Å². The summed E-state index contributed by atoms with van der Waals surface area (Å²) in [5.41, 5.74) is 8.49. The Hall–Kier alpha value is -0.640. The second-order valence-electron chi connectivity index (χ2n) is 3.50. The zero-order valence-corrected chi connectivity index (χ0v) is 8.43. The molecule has 0 heterocycles. The molecule has 1 aliphatic rings. The number of nitrogens with two attached hydrogens (primary N) is 1. The van der Waals surface area contributed by atoms with Crippen LogP contribution in [-0.4, -0.2) is 26.3 Å². The maximum Gasteiger partial charge on any atom is 0.0672 e. The third-order valence-corrected chi connectivity index (χ3v) is 2.18. The van der Waals surface area contributed by atoms with Crippen molar-refractivity contribution >= 4 is 0 Å². The third-order valence-electron chi connectivity index (χ3n) is 2.18. The van der Waals surface area contributed by atoms with E-state index in [9.17, 15) is 0 Å². The molecule has 13 heavy (non-hydrogen) atoms. The molecule has 1 atom stereocenters. The van der Waals surface area contributed by atoms with Crippen LogP contribution in [0.4, 0.5) is 0 Å². The van der Waals surface area contributed by atoms with Gasteiger partial charge in [0, 0.05) is 13.1 Å². The average Bonchev–Trinajstić information content (AvgIpc) is 2.51. The summed E-state index contributed by atoms with van der Waals surface area (Å²) in [5.74, 6) is 0. The Morgan fingerprint density at radius 1 is 1.62 bits per heavy atom. The van der Waals surface area contributed by atoms with Crippen LogP contribution in [0.5, 0.6) is 0 Å². The van der Waals surface area contributed by atoms with Gasteiger partial charge in [0.15, 0.2) is 0 Å². The molecule has 0 amide bonds. The van der Waals surface area contributed by atoms with Crippen molar-refractivity contribution in [2.24, 2.45) is 5.73 Å². The molecule has 3 nitrogen and oxygen atoms in total. The molecule has 0 radical (unpaired) electrons. The van der Waals surface area contributed by atoms with Gasteiger partial charge in [-0.2, -0.15) is 0 Å². The smallest absolute Gasteiger partial charge is 0.0672 e. The summed E-state index contributed by atoms with van der Waals surface area (Å²) in [5, 5.41) is 6.28. The molecule has 0 spiro atoms. The zero-order valence-electron chi connectivity index (χ0n) is 8.43. The van der Waals surface area contributed by atoms with Gasteiger partial charge in [-0.1, -0.05) is 17.7 Å². The van der Waals surface area contributed by atoms with Crippen molar-refractivity contribution in [3.8, 4) is 0 Å². The number of hydrogen-bond acceptors (Lipinski definition) is 3. The molecule has 74 valence electrons. The van der Waals surface area contributed by atoms with Gasteiger partial charge in [-0.3, -0.25) is 0 Å². The van der Waals surface area contributed by atoms with Gasteiger partial charge in [0.1, 0.15) is 0 Å². The largest absolute Gasteiger partial charge is 0.315 e. The summed E-state index contributed by atoms with van der Waals surface area (Å²) in [6.45, 7) is 3.89. The van der Waals surface area contributed by atoms with Gasteiger partial charge >= 0.3 is 0 Å². The summed E-state index contributed by atoms with van der Waals surface area (Å²) < 4.78 is 0. The summed E-state index contributed by atoms with van der Waals surface area (Å²) in [6.07, 6.45) is 5.65. The average molecular weight is 181 g/mol. The zero-order chi connectivity index (χ0) is 9.68. The second-order valence-corrected chi connectivity index (χ2v) is 3.50. The highest BCUT2D eigenvalue weighted by atomic mass is 15.0. The van der Waals surface area contributed by atoms with E-state index in [0.29, 0.717) is 0 Å². The predicted octanol–water partition coefficient (Wildman–Crippen LogP) is 0.357. The Morgan fingerprint density at radius 3 is 2.92 bits per heavy atom. The number of hydrogen-bond donors (Lipinski definition) is 3. The molecular weight excluding hydrogens is 162 g/mol. The first-order valence-electron chi connectivity index (χ1n) is 4.72. The molecule has 1 unspecified atom stereocenters. The van der Waals surface area contributed by atoms with E-state index in [-0.39, 0.29) is 6.17 Å². The van der Waals surface area contributed by atoms with Crippen LogP contribution in [0.3, 0.4) is 0 Å². The maximum atomic E-state index is 5.68. The summed E-state index contributed by atoms with van der Waals surface area (Å²) in [6, 6.07) is 0. The van der Waals surface area contributed by atoms with E-state index in [2.05, 4.69) is 29.7 Å². The van der Waals surface area contributed by atoms with Crippen LogP contribution >= 0.6 is 0 Å². The Morgan fingerprint density at radius 2 is 2.38 bits per heavy atom. The Kier molecular flexibility index (Phi) is 4.15. The lowest BCUT2D eigenvalue weighted by Crippen LogP contribution is -2.43. The Balaban J connectivity index is 2.13. The Labute approximate surface area is 80.1 Å². The van der Waals surface area contributed by atoms with Gasteiger partial charge in [-0.25, -0.2) is 0 Å². The van der Waals surface area contributed by atoms with Crippen molar-refractivity contribution in [3.63, 3.8) is 0 Å². The van der Waals surface area contributed by atoms with Crippen LogP contribution in [0.15, 0.2) is 23.3 Å². The van der Waals surface area contributed by atoms with E-state index in [1.807, 2.05) is 7.05 Å². The van der Waals surface area contributed by atoms with Gasteiger partial charge in [0.2, 0.25) is 0 Å². The molecular formula is C10H19N3. The lowest BCUT2D eigenvalue weighted by molar-refractivity contribution is 0.537. The van der Waals surface area contributed by atoms with Crippen molar-refractivity contribution in [3.05, 3.63) is 23.3 Å². The highest BCUT2D eigenvalue weighted by Gasteiger charge is 2.02. The van der Waals surface area contributed by atoms with Gasteiger partial charge in [-0.15, -0.1) is 0 Å². The minimum absolute atomic E-state index is 0.0482. The van der Waals surface area contributed by atoms with Gasteiger partial charge in [0.05, 0.1) is 6.17 Å². The Bertz CT molecular complexity index is 218. The minimum Gasteiger partial charge on any atom is -0.315 e. The number of likely N-dealkylation sites (N-methyl/N-ethyl adjacent to an activating group) is 1. The van der Waals surface area contributed by atoms with Crippen molar-refractivity contribution in [1.29, 1.82) is 0 Å². The second kappa shape index (κ2) is 5.17. The van der Waals surface area contributed by atoms with Gasteiger partial charge in [0.25, 0.3) is 0 Å². The van der Waals surface area contributed by atoms with E-state index in [1.165, 1.54) is 11.1 Å². The molecule has 0 aromatic carbocycles. The molecule has 0 aliphatic heterocycles. The fourth-order valence-corrected chi connectivity index (χ4v) is 1.32. The first-order chi connectivity index (χ1) is 6.22. The van der Waals surface area contributed by atoms with Crippen molar-refractivity contribution in [1.82, 2.24) is 10.6 Å². The van der Waals surface area contributed by atoms with E-state index in [4.69, 9.17) is 5.73 Å². The molecule has 3 heteroatoms. The molecule has 0 saturated heterocycles. The van der Waals surface area contributed by atoms with E-state index >= 15 is 0 Å². The standard InChI is InChI=1S/C10H19N3/c1-8-3-4-9(5-8)6-13-7-10(11)12-2/h4-5,10,12-13H,3,6-7,11H2,1-2H3. The maximum absolute atomic E-state index is 5.68. The lowest BCUT2D eigenvalue weighted by atomic mass is 10.2. The molecule has 0 aromatic rings. The third kappa shape index (κ3) is 3.72. The van der Waals surface area contributed by atoms with Crippen LogP contribution in [0.25, 0.3) is 0 Å². The fraction of sp³-hybridized carbons (Fsp3) is 0.600. The molecule has 0 fully saturated rings. The molecule has 4 N–H and O–H groups in total. The number of allylic oxidation sites excluding steroid dienone is 2. The van der Waals surface area contributed by atoms with Gasteiger partial charge < -0.3 is 16.4 Å². The summed E-state index contributed by atoms with van der Waals surface area (Å²) in [4.78, 5) is 0. The summed E-state index contributed by atoms with van der Waals surface area (Å²) in [7, 11) is 1.87. The molecule has 0 bridgehead atoms. The number of nitrogens with one attached hydrogen (secondary N) is 2. The van der Waals surface area contributed by atoms with Crippen molar-refractivity contribution in [2.75, 3.05) is 20.1 Å². The first kappa shape index (κ1) is 10.4. The van der Waals surface area contributed by atoms with E-state index in [0.717, 1.165) is 19.5 Å². The SMILES string of the molecule is CNC(N)CNCC1=CCC(C)=C1. The predicted molar refractivity (Wildman–Crippen MR) is 56.4 cm³/mol. The van der Waals surface area contributed by atoms with Crippen molar-refractivity contribution < 1.29 is 0 Å². The quantitative estimate of drug-likeness (QED) is 0.537. The molecule has 1 aliphatic carbocycles. The highest BCUT2D eigenvalue weighted by molar-refractivity contribution is 5.32. The van der Waals surface area contributed by atoms with Crippen LogP contribution in [-0.2, 0) is 0 Å². The normalized spacial score (nSPS) is 18.4. The molecule has 0 aromatic heterocycles. The highest BCUT2D eigenvalue weighted by Crippen LogP contribution is 2.15. The van der Waals surface area contributed by atoms with Crippen LogP contribution < -0.4 is 16.4 Å². The molecule has 0 saturated carbocycles. The van der Waals surface area contributed by atoms with Crippen LogP contribution in [0, 0.1) is 0 Å². The van der Waals surface area contributed by atoms with Gasteiger partial charge in [-0.05, 0) is 26.0 Å². The lowest BCUT2D eigenvalue weighted by Gasteiger charge is -2.10. The first-order valence-corrected chi connectivity index (χ1v) is 4.72. The minimum atomic E-state index is 0.0482. The fourth-order valence-electron chi connectivity index (χ4n) is 1.32.